The lowest BCUT2D eigenvalue weighted by Crippen LogP contribution is -2.29. The molecular formula is C31H30N2O4. The van der Waals surface area contributed by atoms with E-state index in [4.69, 9.17) is 4.74 Å². The van der Waals surface area contributed by atoms with Crippen LogP contribution in [0, 0.1) is 13.8 Å². The van der Waals surface area contributed by atoms with Crippen LogP contribution in [0.5, 0.6) is 5.75 Å². The molecule has 1 aliphatic rings. The molecule has 0 radical (unpaired) electrons. The predicted molar refractivity (Wildman–Crippen MR) is 146 cm³/mol. The molecule has 0 bridgehead atoms. The Morgan fingerprint density at radius 2 is 1.70 bits per heavy atom. The number of amides is 1. The summed E-state index contributed by atoms with van der Waals surface area (Å²) in [4.78, 5) is 28.6. The second-order valence-electron chi connectivity index (χ2n) is 9.52. The van der Waals surface area contributed by atoms with E-state index in [0.717, 1.165) is 34.0 Å². The molecule has 188 valence electrons. The molecule has 37 heavy (non-hydrogen) atoms. The van der Waals surface area contributed by atoms with E-state index >= 15 is 0 Å². The zero-order valence-corrected chi connectivity index (χ0v) is 21.5. The minimum Gasteiger partial charge on any atom is -0.507 e. The number of aliphatic hydroxyl groups is 1. The number of Topliss-reactive ketones (excluding diaryl/α,β-unsaturated/α-hetero) is 1. The summed E-state index contributed by atoms with van der Waals surface area (Å²) in [7, 11) is 1.93. The molecule has 6 nitrogen and oxygen atoms in total. The van der Waals surface area contributed by atoms with E-state index in [1.807, 2.05) is 81.0 Å². The number of aromatic nitrogens is 1. The average molecular weight is 495 g/mol. The molecule has 1 unspecified atom stereocenters. The van der Waals surface area contributed by atoms with E-state index in [9.17, 15) is 14.7 Å². The summed E-state index contributed by atoms with van der Waals surface area (Å²) in [6.07, 6.45) is 2.82. The minimum atomic E-state index is -0.788. The molecule has 0 spiro atoms. The number of ether oxygens (including phenoxy) is 1. The second-order valence-corrected chi connectivity index (χ2v) is 9.52. The maximum atomic E-state index is 13.6. The first-order chi connectivity index (χ1) is 17.8. The molecule has 1 amide bonds. The van der Waals surface area contributed by atoms with Crippen molar-refractivity contribution in [2.24, 2.45) is 7.05 Å². The quantitative estimate of drug-likeness (QED) is 0.197. The number of hydrogen-bond donors (Lipinski definition) is 1. The van der Waals surface area contributed by atoms with Crippen LogP contribution in [0.25, 0.3) is 16.7 Å². The molecule has 1 aliphatic heterocycles. The number of benzene rings is 3. The minimum absolute atomic E-state index is 0.0711. The number of fused-ring (bicyclic) bond motifs is 1. The van der Waals surface area contributed by atoms with E-state index in [1.54, 1.807) is 24.3 Å². The zero-order valence-electron chi connectivity index (χ0n) is 21.5. The molecule has 3 aromatic carbocycles. The summed E-state index contributed by atoms with van der Waals surface area (Å²) >= 11 is 0. The number of rotatable bonds is 6. The molecule has 5 rings (SSSR count). The Morgan fingerprint density at radius 1 is 0.973 bits per heavy atom. The maximum Gasteiger partial charge on any atom is 0.300 e. The van der Waals surface area contributed by atoms with Crippen LogP contribution in [0.4, 0.5) is 5.69 Å². The summed E-state index contributed by atoms with van der Waals surface area (Å²) in [5, 5.41) is 12.4. The lowest BCUT2D eigenvalue weighted by Gasteiger charge is -2.25. The van der Waals surface area contributed by atoms with Gasteiger partial charge in [-0.15, -0.1) is 0 Å². The summed E-state index contributed by atoms with van der Waals surface area (Å²) in [6, 6.07) is 19.7. The van der Waals surface area contributed by atoms with Gasteiger partial charge in [0.1, 0.15) is 11.5 Å². The Hall–Kier alpha value is -4.32. The number of carbonyl (C=O) groups is 2. The first-order valence-electron chi connectivity index (χ1n) is 12.5. The van der Waals surface area contributed by atoms with E-state index in [1.165, 1.54) is 4.90 Å². The first-order valence-corrected chi connectivity index (χ1v) is 12.5. The second kappa shape index (κ2) is 9.62. The molecule has 0 saturated carbocycles. The number of ketones is 1. The largest absolute Gasteiger partial charge is 0.507 e. The smallest absolute Gasteiger partial charge is 0.300 e. The van der Waals surface area contributed by atoms with Crippen LogP contribution in [0.1, 0.15) is 41.6 Å². The van der Waals surface area contributed by atoms with Gasteiger partial charge >= 0.3 is 0 Å². The van der Waals surface area contributed by atoms with Crippen molar-refractivity contribution in [3.63, 3.8) is 0 Å². The summed E-state index contributed by atoms with van der Waals surface area (Å²) < 4.78 is 7.64. The Bertz CT molecular complexity index is 1550. The Morgan fingerprint density at radius 3 is 2.41 bits per heavy atom. The third-order valence-corrected chi connectivity index (χ3v) is 7.04. The van der Waals surface area contributed by atoms with Gasteiger partial charge in [-0.2, -0.15) is 0 Å². The van der Waals surface area contributed by atoms with Gasteiger partial charge < -0.3 is 14.4 Å². The van der Waals surface area contributed by atoms with Gasteiger partial charge in [0, 0.05) is 41.0 Å². The fraction of sp³-hybridized carbons (Fsp3) is 0.226. The van der Waals surface area contributed by atoms with Gasteiger partial charge in [-0.25, -0.2) is 0 Å². The van der Waals surface area contributed by atoms with Gasteiger partial charge in [0.25, 0.3) is 11.7 Å². The van der Waals surface area contributed by atoms with Gasteiger partial charge in [0.15, 0.2) is 0 Å². The third kappa shape index (κ3) is 4.18. The van der Waals surface area contributed by atoms with Crippen molar-refractivity contribution in [1.29, 1.82) is 0 Å². The van der Waals surface area contributed by atoms with Crippen LogP contribution in [0.15, 0.2) is 78.5 Å². The van der Waals surface area contributed by atoms with Crippen molar-refractivity contribution >= 4 is 34.0 Å². The molecule has 4 aromatic rings. The molecular weight excluding hydrogens is 464 g/mol. The predicted octanol–water partition coefficient (Wildman–Crippen LogP) is 6.21. The lowest BCUT2D eigenvalue weighted by atomic mass is 9.94. The average Bonchev–Trinajstić information content (AvgIpc) is 3.37. The monoisotopic (exact) mass is 494 g/mol. The van der Waals surface area contributed by atoms with Crippen LogP contribution in [0.2, 0.25) is 0 Å². The number of hydrogen-bond acceptors (Lipinski definition) is 4. The number of aryl methyl sites for hydroxylation is 3. The fourth-order valence-electron chi connectivity index (χ4n) is 4.94. The summed E-state index contributed by atoms with van der Waals surface area (Å²) in [5.74, 6) is -0.894. The van der Waals surface area contributed by atoms with E-state index < -0.39 is 17.7 Å². The normalized spacial score (nSPS) is 17.1. The molecule has 2 heterocycles. The highest BCUT2D eigenvalue weighted by Crippen LogP contribution is 2.45. The molecule has 1 atom stereocenters. The van der Waals surface area contributed by atoms with E-state index in [0.29, 0.717) is 23.6 Å². The van der Waals surface area contributed by atoms with Crippen molar-refractivity contribution in [3.8, 4) is 5.75 Å². The SMILES string of the molecule is CCCOc1ccc(/C(O)=C2\C(=O)C(=O)N(c3ccc(C)c(C)c3)C2c2cn(C)c3ccccc23)cc1. The van der Waals surface area contributed by atoms with Crippen LogP contribution in [0.3, 0.4) is 0 Å². The highest BCUT2D eigenvalue weighted by Gasteiger charge is 2.48. The number of aliphatic hydroxyl groups excluding tert-OH is 1. The summed E-state index contributed by atoms with van der Waals surface area (Å²) in [6.45, 7) is 6.60. The standard InChI is InChI=1S/C31H30N2O4/c1-5-16-37-23-14-11-21(12-15-23)29(34)27-28(25-18-32(4)26-9-7-6-8-24(25)26)33(31(36)30(27)35)22-13-10-19(2)20(3)17-22/h6-15,17-18,28,34H,5,16H2,1-4H3/b29-27+. The highest BCUT2D eigenvalue weighted by molar-refractivity contribution is 6.51. The molecule has 0 aliphatic carbocycles. The fourth-order valence-corrected chi connectivity index (χ4v) is 4.94. The van der Waals surface area contributed by atoms with E-state index in [-0.39, 0.29) is 11.3 Å². The molecule has 1 N–H and O–H groups in total. The van der Waals surface area contributed by atoms with Crippen LogP contribution in [-0.2, 0) is 16.6 Å². The number of nitrogens with zero attached hydrogens (tertiary/aromatic N) is 2. The maximum absolute atomic E-state index is 13.6. The van der Waals surface area contributed by atoms with Gasteiger partial charge in [-0.3, -0.25) is 14.5 Å². The Labute approximate surface area is 216 Å². The third-order valence-electron chi connectivity index (χ3n) is 7.04. The molecule has 6 heteroatoms. The number of para-hydroxylation sites is 1. The van der Waals surface area contributed by atoms with Gasteiger partial charge in [0.2, 0.25) is 0 Å². The molecule has 1 aromatic heterocycles. The zero-order chi connectivity index (χ0) is 26.3. The first kappa shape index (κ1) is 24.4. The Balaban J connectivity index is 1.72. The molecule has 1 fully saturated rings. The van der Waals surface area contributed by atoms with E-state index in [2.05, 4.69) is 0 Å². The van der Waals surface area contributed by atoms with Crippen LogP contribution < -0.4 is 9.64 Å². The van der Waals surface area contributed by atoms with Crippen LogP contribution in [-0.4, -0.2) is 28.0 Å². The van der Waals surface area contributed by atoms with Crippen molar-refractivity contribution in [3.05, 3.63) is 101 Å². The number of anilines is 1. The Kier molecular flexibility index (Phi) is 6.34. The van der Waals surface area contributed by atoms with Crippen LogP contribution >= 0.6 is 0 Å². The van der Waals surface area contributed by atoms with Crippen molar-refractivity contribution in [1.82, 2.24) is 4.57 Å². The van der Waals surface area contributed by atoms with Gasteiger partial charge in [-0.05, 0) is 73.9 Å². The topological polar surface area (TPSA) is 71.8 Å². The highest BCUT2D eigenvalue weighted by atomic mass is 16.5. The van der Waals surface area contributed by atoms with Crippen molar-refractivity contribution in [2.45, 2.75) is 33.2 Å². The van der Waals surface area contributed by atoms with Gasteiger partial charge in [0.05, 0.1) is 18.2 Å². The number of carbonyl (C=O) groups excluding carboxylic acids is 2. The van der Waals surface area contributed by atoms with Crippen molar-refractivity contribution in [2.75, 3.05) is 11.5 Å². The van der Waals surface area contributed by atoms with Crippen molar-refractivity contribution < 1.29 is 19.4 Å². The summed E-state index contributed by atoms with van der Waals surface area (Å²) in [5.41, 5.74) is 4.99. The lowest BCUT2D eigenvalue weighted by molar-refractivity contribution is -0.132. The van der Waals surface area contributed by atoms with Gasteiger partial charge in [-0.1, -0.05) is 31.2 Å². The molecule has 1 saturated heterocycles.